The first-order valence-electron chi connectivity index (χ1n) is 3.89. The fourth-order valence-electron chi connectivity index (χ4n) is 1.46. The van der Waals surface area contributed by atoms with Gasteiger partial charge in [0.1, 0.15) is 6.04 Å². The van der Waals surface area contributed by atoms with E-state index in [0.29, 0.717) is 0 Å². The Morgan fingerprint density at radius 3 is 2.69 bits per heavy atom. The van der Waals surface area contributed by atoms with E-state index >= 15 is 0 Å². The number of hydrogen-bond donors (Lipinski definition) is 1. The summed E-state index contributed by atoms with van der Waals surface area (Å²) in [6, 6.07) is 7.04. The van der Waals surface area contributed by atoms with Crippen molar-refractivity contribution in [2.24, 2.45) is 0 Å². The van der Waals surface area contributed by atoms with Crippen molar-refractivity contribution in [2.75, 3.05) is 5.32 Å². The van der Waals surface area contributed by atoms with Crippen LogP contribution >= 0.6 is 23.2 Å². The first-order valence-corrected chi connectivity index (χ1v) is 4.70. The lowest BCUT2D eigenvalue weighted by atomic mass is 10.1. The SMILES string of the molecule is O=C(Cl)C1Nc2ccccc2C1Cl. The summed E-state index contributed by atoms with van der Waals surface area (Å²) in [6.45, 7) is 0. The molecular weight excluding hydrogens is 209 g/mol. The number of alkyl halides is 1. The third kappa shape index (κ3) is 1.40. The molecule has 2 rings (SSSR count). The summed E-state index contributed by atoms with van der Waals surface area (Å²) in [6.07, 6.45) is 0. The van der Waals surface area contributed by atoms with Crippen LogP contribution in [0.25, 0.3) is 0 Å². The van der Waals surface area contributed by atoms with Gasteiger partial charge in [0.25, 0.3) is 0 Å². The minimum absolute atomic E-state index is 0.360. The Kier molecular flexibility index (Phi) is 2.18. The summed E-state index contributed by atoms with van der Waals surface area (Å²) >= 11 is 11.4. The van der Waals surface area contributed by atoms with Gasteiger partial charge in [0.05, 0.1) is 5.38 Å². The first-order chi connectivity index (χ1) is 6.20. The van der Waals surface area contributed by atoms with Crippen molar-refractivity contribution in [3.63, 3.8) is 0 Å². The van der Waals surface area contributed by atoms with Crippen molar-refractivity contribution in [3.8, 4) is 0 Å². The molecule has 0 aromatic heterocycles. The lowest BCUT2D eigenvalue weighted by Crippen LogP contribution is -2.24. The minimum atomic E-state index is -0.499. The Labute approximate surface area is 85.8 Å². The zero-order chi connectivity index (χ0) is 9.42. The molecule has 0 bridgehead atoms. The van der Waals surface area contributed by atoms with E-state index < -0.39 is 11.3 Å². The molecule has 68 valence electrons. The van der Waals surface area contributed by atoms with Gasteiger partial charge in [-0.2, -0.15) is 0 Å². The van der Waals surface area contributed by atoms with Gasteiger partial charge < -0.3 is 5.32 Å². The number of nitrogens with one attached hydrogen (secondary N) is 1. The van der Waals surface area contributed by atoms with Crippen LogP contribution < -0.4 is 5.32 Å². The standard InChI is InChI=1S/C9H7Cl2NO/c10-7-5-3-1-2-4-6(5)12-8(7)9(11)13/h1-4,7-8,12H. The van der Waals surface area contributed by atoms with E-state index in [4.69, 9.17) is 23.2 Å². The van der Waals surface area contributed by atoms with Crippen LogP contribution in [-0.2, 0) is 4.79 Å². The van der Waals surface area contributed by atoms with Crippen molar-refractivity contribution in [1.29, 1.82) is 0 Å². The zero-order valence-corrected chi connectivity index (χ0v) is 8.14. The summed E-state index contributed by atoms with van der Waals surface area (Å²) in [7, 11) is 0. The Bertz CT molecular complexity index is 353. The third-order valence-corrected chi connectivity index (χ3v) is 2.83. The molecule has 1 aliphatic rings. The van der Waals surface area contributed by atoms with Crippen LogP contribution in [-0.4, -0.2) is 11.3 Å². The number of halogens is 2. The molecule has 1 N–H and O–H groups in total. The Hall–Kier alpha value is -0.730. The van der Waals surface area contributed by atoms with E-state index in [1.54, 1.807) is 0 Å². The Morgan fingerprint density at radius 2 is 2.08 bits per heavy atom. The Morgan fingerprint density at radius 1 is 1.38 bits per heavy atom. The quantitative estimate of drug-likeness (QED) is 0.577. The molecule has 1 aromatic carbocycles. The maximum atomic E-state index is 10.9. The average molecular weight is 216 g/mol. The molecule has 2 unspecified atom stereocenters. The largest absolute Gasteiger partial charge is 0.372 e. The number of anilines is 1. The van der Waals surface area contributed by atoms with Crippen molar-refractivity contribution in [2.45, 2.75) is 11.4 Å². The van der Waals surface area contributed by atoms with E-state index in [1.807, 2.05) is 24.3 Å². The van der Waals surface area contributed by atoms with Crippen molar-refractivity contribution in [1.82, 2.24) is 0 Å². The third-order valence-electron chi connectivity index (χ3n) is 2.11. The normalized spacial score (nSPS) is 25.1. The molecule has 0 amide bonds. The van der Waals surface area contributed by atoms with Crippen molar-refractivity contribution in [3.05, 3.63) is 29.8 Å². The summed E-state index contributed by atoms with van der Waals surface area (Å²) in [5, 5.41) is 2.16. The molecule has 0 aliphatic carbocycles. The monoisotopic (exact) mass is 215 g/mol. The summed E-state index contributed by atoms with van der Waals surface area (Å²) in [4.78, 5) is 10.9. The van der Waals surface area contributed by atoms with E-state index in [1.165, 1.54) is 0 Å². The fourth-order valence-corrected chi connectivity index (χ4v) is 2.07. The average Bonchev–Trinajstić information content (AvgIpc) is 2.45. The number of fused-ring (bicyclic) bond motifs is 1. The molecule has 0 fully saturated rings. The van der Waals surface area contributed by atoms with Gasteiger partial charge in [-0.3, -0.25) is 4.79 Å². The molecule has 0 saturated carbocycles. The molecule has 1 heterocycles. The van der Waals surface area contributed by atoms with Crippen LogP contribution in [0, 0.1) is 0 Å². The van der Waals surface area contributed by atoms with Crippen molar-refractivity contribution < 1.29 is 4.79 Å². The highest BCUT2D eigenvalue weighted by atomic mass is 35.5. The van der Waals surface area contributed by atoms with Gasteiger partial charge in [0, 0.05) is 5.69 Å². The predicted octanol–water partition coefficient (Wildman–Crippen LogP) is 2.53. The van der Waals surface area contributed by atoms with Crippen LogP contribution in [0.4, 0.5) is 5.69 Å². The number of para-hydroxylation sites is 1. The molecule has 1 aromatic rings. The summed E-state index contributed by atoms with van der Waals surface area (Å²) < 4.78 is 0. The number of carbonyl (C=O) groups is 1. The smallest absolute Gasteiger partial charge is 0.245 e. The lowest BCUT2D eigenvalue weighted by molar-refractivity contribution is -0.112. The molecule has 0 saturated heterocycles. The number of rotatable bonds is 1. The molecule has 2 nitrogen and oxygen atoms in total. The fraction of sp³-hybridized carbons (Fsp3) is 0.222. The van der Waals surface area contributed by atoms with Gasteiger partial charge >= 0.3 is 0 Å². The van der Waals surface area contributed by atoms with Crippen LogP contribution in [0.15, 0.2) is 24.3 Å². The van der Waals surface area contributed by atoms with Gasteiger partial charge in [0.2, 0.25) is 5.24 Å². The molecule has 1 aliphatic heterocycles. The molecule has 4 heteroatoms. The van der Waals surface area contributed by atoms with Crippen LogP contribution in [0.5, 0.6) is 0 Å². The Balaban J connectivity index is 2.38. The van der Waals surface area contributed by atoms with Gasteiger partial charge in [-0.05, 0) is 23.2 Å². The van der Waals surface area contributed by atoms with Crippen molar-refractivity contribution >= 4 is 34.1 Å². The van der Waals surface area contributed by atoms with Gasteiger partial charge in [0.15, 0.2) is 0 Å². The van der Waals surface area contributed by atoms with Gasteiger partial charge in [-0.1, -0.05) is 18.2 Å². The number of hydrogen-bond acceptors (Lipinski definition) is 2. The predicted molar refractivity (Wildman–Crippen MR) is 53.3 cm³/mol. The molecular formula is C9H7Cl2NO. The topological polar surface area (TPSA) is 29.1 Å². The maximum absolute atomic E-state index is 10.9. The second kappa shape index (κ2) is 3.20. The molecule has 0 spiro atoms. The summed E-state index contributed by atoms with van der Waals surface area (Å²) in [5.41, 5.74) is 1.82. The molecule has 2 atom stereocenters. The minimum Gasteiger partial charge on any atom is -0.372 e. The van der Waals surface area contributed by atoms with Gasteiger partial charge in [-0.25, -0.2) is 0 Å². The summed E-state index contributed by atoms with van der Waals surface area (Å²) in [5.74, 6) is 0. The zero-order valence-electron chi connectivity index (χ0n) is 6.63. The van der Waals surface area contributed by atoms with Crippen LogP contribution in [0.2, 0.25) is 0 Å². The first kappa shape index (κ1) is 8.85. The number of benzene rings is 1. The van der Waals surface area contributed by atoms with Crippen LogP contribution in [0.3, 0.4) is 0 Å². The van der Waals surface area contributed by atoms with E-state index in [2.05, 4.69) is 5.32 Å². The maximum Gasteiger partial charge on any atom is 0.245 e. The van der Waals surface area contributed by atoms with E-state index in [-0.39, 0.29) is 5.38 Å². The highest BCUT2D eigenvalue weighted by molar-refractivity contribution is 6.65. The van der Waals surface area contributed by atoms with Gasteiger partial charge in [-0.15, -0.1) is 11.6 Å². The highest BCUT2D eigenvalue weighted by Crippen LogP contribution is 2.38. The molecule has 0 radical (unpaired) electrons. The second-order valence-electron chi connectivity index (χ2n) is 2.92. The number of carbonyl (C=O) groups excluding carboxylic acids is 1. The highest BCUT2D eigenvalue weighted by Gasteiger charge is 2.34. The second-order valence-corrected chi connectivity index (χ2v) is 3.76. The molecule has 13 heavy (non-hydrogen) atoms. The van der Waals surface area contributed by atoms with Crippen LogP contribution in [0.1, 0.15) is 10.9 Å². The lowest BCUT2D eigenvalue weighted by Gasteiger charge is -2.08. The van der Waals surface area contributed by atoms with E-state index in [0.717, 1.165) is 11.3 Å². The van der Waals surface area contributed by atoms with E-state index in [9.17, 15) is 4.79 Å².